The molecule has 0 unspecified atom stereocenters. The van der Waals surface area contributed by atoms with E-state index in [0.29, 0.717) is 11.3 Å². The molecule has 2 fully saturated rings. The number of carbonyl (C=O) groups excluding carboxylic acids is 1. The first kappa shape index (κ1) is 19.8. The molecule has 3 aliphatic heterocycles. The average Bonchev–Trinajstić information content (AvgIpc) is 2.91. The number of hydrogen-bond donors (Lipinski definition) is 1. The summed E-state index contributed by atoms with van der Waals surface area (Å²) in [4.78, 5) is 30.9. The quantitative estimate of drug-likeness (QED) is 0.541. The molecule has 0 bridgehead atoms. The fourth-order valence-corrected chi connectivity index (χ4v) is 6.04. The van der Waals surface area contributed by atoms with Crippen molar-refractivity contribution in [2.24, 2.45) is 5.92 Å². The fraction of sp³-hybridized carbons (Fsp3) is 0.400. The molecule has 0 saturated carbocycles. The predicted octanol–water partition coefficient (Wildman–Crippen LogP) is -0.304. The molecule has 4 heterocycles. The molecule has 11 heteroatoms. The number of amides is 1. The Morgan fingerprint density at radius 3 is 2.58 bits per heavy atom. The molecular weight excluding hydrogens is 389 g/mol. The van der Waals surface area contributed by atoms with Crippen LogP contribution in [0.15, 0.2) is 40.0 Å². The van der Waals surface area contributed by atoms with Crippen molar-refractivity contribution in [3.8, 4) is 0 Å². The number of carbonyl (C=O) groups is 2. The third-order valence-corrected chi connectivity index (χ3v) is 7.13. The Bertz CT molecular complexity index is 905. The van der Waals surface area contributed by atoms with Crippen LogP contribution in [0.25, 0.3) is 0 Å². The van der Waals surface area contributed by atoms with Gasteiger partial charge in [-0.25, -0.2) is 13.2 Å². The van der Waals surface area contributed by atoms with Crippen molar-refractivity contribution in [3.63, 3.8) is 0 Å². The average molecular weight is 405 g/mol. The van der Waals surface area contributed by atoms with Crippen molar-refractivity contribution >= 4 is 63.2 Å². The number of pyridine rings is 1. The van der Waals surface area contributed by atoms with Gasteiger partial charge in [0.2, 0.25) is 15.9 Å². The van der Waals surface area contributed by atoms with Crippen molar-refractivity contribution in [1.29, 1.82) is 0 Å². The van der Waals surface area contributed by atoms with Crippen molar-refractivity contribution in [1.82, 2.24) is 14.2 Å². The van der Waals surface area contributed by atoms with Crippen molar-refractivity contribution in [3.05, 3.63) is 35.1 Å². The summed E-state index contributed by atoms with van der Waals surface area (Å²) >= 11 is 1.29. The van der Waals surface area contributed by atoms with Crippen LogP contribution in [0.1, 0.15) is 6.42 Å². The zero-order chi connectivity index (χ0) is 17.9. The van der Waals surface area contributed by atoms with E-state index < -0.39 is 27.9 Å². The van der Waals surface area contributed by atoms with E-state index in [9.17, 15) is 23.1 Å². The van der Waals surface area contributed by atoms with Crippen LogP contribution >= 0.6 is 11.8 Å². The number of nitrogens with zero attached hydrogens (tertiary/aromatic N) is 3. The van der Waals surface area contributed by atoms with Crippen LogP contribution in [0.5, 0.6) is 0 Å². The second-order valence-electron chi connectivity index (χ2n) is 6.30. The Kier molecular flexibility index (Phi) is 5.28. The summed E-state index contributed by atoms with van der Waals surface area (Å²) in [7, 11) is -3.51. The third-order valence-electron chi connectivity index (χ3n) is 4.79. The van der Waals surface area contributed by atoms with Crippen molar-refractivity contribution in [2.45, 2.75) is 23.4 Å². The first-order valence-electron chi connectivity index (χ1n) is 7.63. The normalized spacial score (nSPS) is 27.7. The van der Waals surface area contributed by atoms with Gasteiger partial charge >= 0.3 is 35.5 Å². The van der Waals surface area contributed by atoms with Gasteiger partial charge in [-0.05, 0) is 18.6 Å². The number of aromatic nitrogens is 1. The van der Waals surface area contributed by atoms with Crippen LogP contribution in [0, 0.1) is 5.92 Å². The minimum atomic E-state index is -3.51. The Morgan fingerprint density at radius 2 is 2.00 bits per heavy atom. The number of allylic oxidation sites excluding steroid dienone is 1. The van der Waals surface area contributed by atoms with Gasteiger partial charge in [-0.3, -0.25) is 14.7 Å². The first-order chi connectivity index (χ1) is 11.8. The summed E-state index contributed by atoms with van der Waals surface area (Å²) in [6.07, 6.45) is 4.74. The molecule has 1 N–H and O–H groups in total. The number of aliphatic carboxylic acids is 1. The van der Waals surface area contributed by atoms with Crippen LogP contribution in [-0.2, 0) is 19.6 Å². The van der Waals surface area contributed by atoms with E-state index in [4.69, 9.17) is 0 Å². The summed E-state index contributed by atoms with van der Waals surface area (Å²) in [6.45, 7) is 0.240. The SMILES string of the molecule is CS(=O)(=O)N1C[C@H]2CC(Sc3ccncc3)=C(C(=O)O)N3C(=O)[C@@H]1[C@@H]23.[NaH]. The van der Waals surface area contributed by atoms with Crippen LogP contribution in [0.4, 0.5) is 0 Å². The maximum absolute atomic E-state index is 12.5. The third kappa shape index (κ3) is 3.02. The molecule has 134 valence electrons. The van der Waals surface area contributed by atoms with Gasteiger partial charge in [-0.15, -0.1) is 0 Å². The summed E-state index contributed by atoms with van der Waals surface area (Å²) in [6, 6.07) is 2.39. The molecule has 0 radical (unpaired) electrons. The monoisotopic (exact) mass is 405 g/mol. The van der Waals surface area contributed by atoms with E-state index in [1.807, 2.05) is 0 Å². The van der Waals surface area contributed by atoms with Gasteiger partial charge in [0, 0.05) is 34.7 Å². The molecule has 0 aliphatic carbocycles. The van der Waals surface area contributed by atoms with E-state index >= 15 is 0 Å². The van der Waals surface area contributed by atoms with Gasteiger partial charge in [0.15, 0.2) is 0 Å². The standard InChI is InChI=1S/C15H15N3O5S2.Na.H/c1-25(22,23)17-7-8-6-10(24-9-2-4-16-5-3-9)12(15(20)21)18-11(8)13(17)14(18)19;;/h2-5,8,11,13H,6-7H2,1H3,(H,20,21);;/t8-,11-,13+;;/m1../s1. The number of sulfonamides is 1. The van der Waals surface area contributed by atoms with Gasteiger partial charge in [-0.2, -0.15) is 4.31 Å². The zero-order valence-corrected chi connectivity index (χ0v) is 14.8. The number of β-lactam (4-membered cyclic amide) rings is 1. The molecule has 1 aromatic rings. The molecule has 3 aliphatic rings. The molecule has 2 saturated heterocycles. The minimum absolute atomic E-state index is 0. The van der Waals surface area contributed by atoms with E-state index in [0.717, 1.165) is 11.2 Å². The molecule has 4 rings (SSSR count). The Hall–Kier alpha value is -0.910. The van der Waals surface area contributed by atoms with E-state index in [2.05, 4.69) is 4.98 Å². The second kappa shape index (κ2) is 6.92. The van der Waals surface area contributed by atoms with Crippen LogP contribution in [0.2, 0.25) is 0 Å². The number of hydrogen-bond acceptors (Lipinski definition) is 6. The number of rotatable bonds is 4. The summed E-state index contributed by atoms with van der Waals surface area (Å²) < 4.78 is 25.1. The number of thioether (sulfide) groups is 1. The van der Waals surface area contributed by atoms with E-state index in [1.165, 1.54) is 21.0 Å². The van der Waals surface area contributed by atoms with E-state index in [1.54, 1.807) is 24.5 Å². The Balaban J connectivity index is 0.00000196. The van der Waals surface area contributed by atoms with Gasteiger partial charge in [0.25, 0.3) is 0 Å². The summed E-state index contributed by atoms with van der Waals surface area (Å²) in [5, 5.41) is 9.64. The summed E-state index contributed by atoms with van der Waals surface area (Å²) in [5.74, 6) is -1.72. The Labute approximate surface area is 177 Å². The van der Waals surface area contributed by atoms with Gasteiger partial charge in [0.05, 0.1) is 12.3 Å². The maximum atomic E-state index is 12.5. The zero-order valence-electron chi connectivity index (χ0n) is 13.2. The van der Waals surface area contributed by atoms with Gasteiger partial charge in [-0.1, -0.05) is 11.8 Å². The first-order valence-corrected chi connectivity index (χ1v) is 10.3. The molecule has 3 atom stereocenters. The van der Waals surface area contributed by atoms with Gasteiger partial charge < -0.3 is 5.11 Å². The summed E-state index contributed by atoms with van der Waals surface area (Å²) in [5.41, 5.74) is -0.0281. The number of carboxylic acids is 1. The van der Waals surface area contributed by atoms with E-state index in [-0.39, 0.29) is 53.8 Å². The molecule has 26 heavy (non-hydrogen) atoms. The molecule has 8 nitrogen and oxygen atoms in total. The van der Waals surface area contributed by atoms with Gasteiger partial charge in [0.1, 0.15) is 11.7 Å². The second-order valence-corrected chi connectivity index (χ2v) is 9.41. The van der Waals surface area contributed by atoms with Crippen molar-refractivity contribution < 1.29 is 23.1 Å². The molecule has 0 spiro atoms. The predicted molar refractivity (Wildman–Crippen MR) is 96.0 cm³/mol. The van der Waals surface area contributed by atoms with Crippen LogP contribution in [-0.4, -0.2) is 94.0 Å². The topological polar surface area (TPSA) is 108 Å². The molecule has 1 aromatic heterocycles. The molecular formula is C15H16N3NaO5S2. The Morgan fingerprint density at radius 1 is 1.35 bits per heavy atom. The molecule has 0 aromatic carbocycles. The number of carboxylic acid groups (broad SMARTS) is 1. The van der Waals surface area contributed by atoms with Crippen LogP contribution < -0.4 is 0 Å². The fourth-order valence-electron chi connectivity index (χ4n) is 3.83. The van der Waals surface area contributed by atoms with Crippen molar-refractivity contribution in [2.75, 3.05) is 12.8 Å². The molecule has 1 amide bonds. The van der Waals surface area contributed by atoms with Crippen LogP contribution in [0.3, 0.4) is 0 Å².